The number of piperidine rings is 1. The van der Waals surface area contributed by atoms with Gasteiger partial charge in [-0.15, -0.1) is 0 Å². The third-order valence-electron chi connectivity index (χ3n) is 7.16. The summed E-state index contributed by atoms with van der Waals surface area (Å²) in [7, 11) is 0. The van der Waals surface area contributed by atoms with Crippen molar-refractivity contribution in [2.75, 3.05) is 6.54 Å². The van der Waals surface area contributed by atoms with Gasteiger partial charge in [-0.25, -0.2) is 0 Å². The highest BCUT2D eigenvalue weighted by Crippen LogP contribution is 2.58. The minimum absolute atomic E-state index is 0.0715. The second-order valence-electron chi connectivity index (χ2n) is 8.07. The van der Waals surface area contributed by atoms with Gasteiger partial charge in [-0.2, -0.15) is 0 Å². The topological polar surface area (TPSA) is 41.1 Å². The lowest BCUT2D eigenvalue weighted by Crippen LogP contribution is -2.53. The predicted molar refractivity (Wildman–Crippen MR) is 83.8 cm³/mol. The van der Waals surface area contributed by atoms with Gasteiger partial charge >= 0.3 is 0 Å². The maximum atomic E-state index is 12.6. The molecule has 1 saturated heterocycles. The van der Waals surface area contributed by atoms with Crippen LogP contribution in [-0.2, 0) is 4.79 Å². The van der Waals surface area contributed by atoms with E-state index in [1.165, 1.54) is 44.9 Å². The number of fused-ring (bicyclic) bond motifs is 5. The normalized spacial score (nSPS) is 48.3. The second kappa shape index (κ2) is 5.57. The zero-order valence-corrected chi connectivity index (χ0v) is 13.3. The molecule has 1 aliphatic heterocycles. The third kappa shape index (κ3) is 2.42. The molecule has 2 bridgehead atoms. The molecule has 0 aromatic heterocycles. The Kier molecular flexibility index (Phi) is 3.72. The second-order valence-corrected chi connectivity index (χ2v) is 8.07. The number of carbonyl (C=O) groups is 1. The zero-order valence-electron chi connectivity index (χ0n) is 13.3. The van der Waals surface area contributed by atoms with Gasteiger partial charge in [0.05, 0.1) is 6.04 Å². The molecule has 3 nitrogen and oxygen atoms in total. The molecule has 0 aromatic rings. The van der Waals surface area contributed by atoms with Crippen molar-refractivity contribution < 1.29 is 4.79 Å². The number of carbonyl (C=O) groups excluding carboxylic acids is 1. The van der Waals surface area contributed by atoms with Gasteiger partial charge in [-0.05, 0) is 74.7 Å². The van der Waals surface area contributed by atoms with Gasteiger partial charge in [0, 0.05) is 6.04 Å². The molecular weight excluding hydrogens is 260 g/mol. The first-order chi connectivity index (χ1) is 10.3. The zero-order chi connectivity index (χ0) is 14.4. The first-order valence-electron chi connectivity index (χ1n) is 9.30. The number of rotatable bonds is 3. The molecule has 4 rings (SSSR count). The summed E-state index contributed by atoms with van der Waals surface area (Å²) in [5.41, 5.74) is 0. The molecule has 2 N–H and O–H groups in total. The van der Waals surface area contributed by atoms with Gasteiger partial charge in [0.2, 0.25) is 5.91 Å². The lowest BCUT2D eigenvalue weighted by atomic mass is 9.79. The van der Waals surface area contributed by atoms with E-state index in [0.29, 0.717) is 11.9 Å². The van der Waals surface area contributed by atoms with E-state index in [4.69, 9.17) is 0 Å². The molecule has 3 aliphatic carbocycles. The standard InChI is InChI=1S/C18H30N2O/c1-2-11-6-7-19-17(8-11)18(21)20-16-10-12-9-15(16)14-5-3-4-13(12)14/h11-17,19H,2-10H2,1H3,(H,20,21). The van der Waals surface area contributed by atoms with E-state index in [2.05, 4.69) is 17.6 Å². The van der Waals surface area contributed by atoms with Crippen LogP contribution in [0.3, 0.4) is 0 Å². The molecule has 7 unspecified atom stereocenters. The maximum Gasteiger partial charge on any atom is 0.237 e. The van der Waals surface area contributed by atoms with Crippen LogP contribution in [0.2, 0.25) is 0 Å². The molecule has 7 atom stereocenters. The van der Waals surface area contributed by atoms with Crippen LogP contribution < -0.4 is 10.6 Å². The van der Waals surface area contributed by atoms with Crippen LogP contribution in [0.15, 0.2) is 0 Å². The molecule has 4 aliphatic rings. The number of nitrogens with one attached hydrogen (secondary N) is 2. The van der Waals surface area contributed by atoms with Crippen LogP contribution in [0, 0.1) is 29.6 Å². The molecule has 3 heteroatoms. The fraction of sp³-hybridized carbons (Fsp3) is 0.944. The molecule has 3 saturated carbocycles. The predicted octanol–water partition coefficient (Wildman–Crippen LogP) is 2.71. The van der Waals surface area contributed by atoms with Gasteiger partial charge in [-0.1, -0.05) is 19.8 Å². The van der Waals surface area contributed by atoms with Crippen molar-refractivity contribution in [3.05, 3.63) is 0 Å². The first-order valence-corrected chi connectivity index (χ1v) is 9.30. The van der Waals surface area contributed by atoms with Gasteiger partial charge in [0.25, 0.3) is 0 Å². The van der Waals surface area contributed by atoms with Crippen LogP contribution in [-0.4, -0.2) is 24.5 Å². The Morgan fingerprint density at radius 2 is 1.95 bits per heavy atom. The SMILES string of the molecule is CCC1CCNC(C(=O)NC2CC3CC2C2CCCC32)C1. The summed E-state index contributed by atoms with van der Waals surface area (Å²) in [4.78, 5) is 12.6. The quantitative estimate of drug-likeness (QED) is 0.839. The first kappa shape index (κ1) is 14.0. The van der Waals surface area contributed by atoms with E-state index < -0.39 is 0 Å². The number of amides is 1. The maximum absolute atomic E-state index is 12.6. The molecule has 0 radical (unpaired) electrons. The van der Waals surface area contributed by atoms with Gasteiger partial charge in [0.15, 0.2) is 0 Å². The summed E-state index contributed by atoms with van der Waals surface area (Å²) < 4.78 is 0. The highest BCUT2D eigenvalue weighted by Gasteiger charge is 2.54. The van der Waals surface area contributed by atoms with E-state index in [-0.39, 0.29) is 6.04 Å². The fourth-order valence-corrected chi connectivity index (χ4v) is 6.08. The van der Waals surface area contributed by atoms with E-state index in [9.17, 15) is 4.79 Å². The fourth-order valence-electron chi connectivity index (χ4n) is 6.08. The average Bonchev–Trinajstić information content (AvgIpc) is 3.19. The van der Waals surface area contributed by atoms with Gasteiger partial charge < -0.3 is 10.6 Å². The van der Waals surface area contributed by atoms with Crippen LogP contribution in [0.25, 0.3) is 0 Å². The Bertz CT molecular complexity index is 410. The molecule has 21 heavy (non-hydrogen) atoms. The highest BCUT2D eigenvalue weighted by atomic mass is 16.2. The van der Waals surface area contributed by atoms with Crippen LogP contribution in [0.4, 0.5) is 0 Å². The third-order valence-corrected chi connectivity index (χ3v) is 7.16. The van der Waals surface area contributed by atoms with Crippen molar-refractivity contribution in [2.24, 2.45) is 29.6 Å². The van der Waals surface area contributed by atoms with Crippen molar-refractivity contribution in [1.29, 1.82) is 0 Å². The van der Waals surface area contributed by atoms with E-state index >= 15 is 0 Å². The van der Waals surface area contributed by atoms with E-state index in [0.717, 1.165) is 42.6 Å². The lowest BCUT2D eigenvalue weighted by Gasteiger charge is -2.34. The van der Waals surface area contributed by atoms with Crippen LogP contribution in [0.5, 0.6) is 0 Å². The molecule has 118 valence electrons. The molecule has 0 spiro atoms. The van der Waals surface area contributed by atoms with E-state index in [1.807, 2.05) is 0 Å². The van der Waals surface area contributed by atoms with Crippen molar-refractivity contribution in [3.63, 3.8) is 0 Å². The summed E-state index contributed by atoms with van der Waals surface area (Å²) in [6.07, 6.45) is 10.5. The Morgan fingerprint density at radius 3 is 2.81 bits per heavy atom. The van der Waals surface area contributed by atoms with Crippen LogP contribution in [0.1, 0.15) is 58.3 Å². The summed E-state index contributed by atoms with van der Waals surface area (Å²) >= 11 is 0. The summed E-state index contributed by atoms with van der Waals surface area (Å²) in [6.45, 7) is 3.26. The lowest BCUT2D eigenvalue weighted by molar-refractivity contribution is -0.125. The molecule has 1 heterocycles. The summed E-state index contributed by atoms with van der Waals surface area (Å²) in [5, 5.41) is 6.87. The molecule has 4 fully saturated rings. The van der Waals surface area contributed by atoms with Crippen LogP contribution >= 0.6 is 0 Å². The average molecular weight is 290 g/mol. The van der Waals surface area contributed by atoms with E-state index in [1.54, 1.807) is 0 Å². The minimum Gasteiger partial charge on any atom is -0.352 e. The minimum atomic E-state index is 0.0715. The monoisotopic (exact) mass is 290 g/mol. The molecular formula is C18H30N2O. The summed E-state index contributed by atoms with van der Waals surface area (Å²) in [6, 6.07) is 0.563. The Balaban J connectivity index is 1.35. The Labute approximate surface area is 128 Å². The largest absolute Gasteiger partial charge is 0.352 e. The molecule has 0 aromatic carbocycles. The highest BCUT2D eigenvalue weighted by molar-refractivity contribution is 5.82. The smallest absolute Gasteiger partial charge is 0.237 e. The number of hydrogen-bond donors (Lipinski definition) is 2. The van der Waals surface area contributed by atoms with Crippen molar-refractivity contribution >= 4 is 5.91 Å². The van der Waals surface area contributed by atoms with Gasteiger partial charge in [0.1, 0.15) is 0 Å². The van der Waals surface area contributed by atoms with Crippen molar-refractivity contribution in [1.82, 2.24) is 10.6 Å². The number of hydrogen-bond acceptors (Lipinski definition) is 2. The van der Waals surface area contributed by atoms with Crippen molar-refractivity contribution in [2.45, 2.75) is 70.4 Å². The van der Waals surface area contributed by atoms with Crippen molar-refractivity contribution in [3.8, 4) is 0 Å². The van der Waals surface area contributed by atoms with Gasteiger partial charge in [-0.3, -0.25) is 4.79 Å². The molecule has 1 amide bonds. The summed E-state index contributed by atoms with van der Waals surface area (Å²) in [5.74, 6) is 4.71. The Morgan fingerprint density at radius 1 is 1.10 bits per heavy atom. The Hall–Kier alpha value is -0.570.